The minimum absolute atomic E-state index is 0. The second kappa shape index (κ2) is 14.4. The average molecular weight is 679 g/mol. The van der Waals surface area contributed by atoms with Gasteiger partial charge in [-0.1, -0.05) is 159 Å². The van der Waals surface area contributed by atoms with E-state index in [1.807, 2.05) is 0 Å². The molecule has 4 aromatic rings. The quantitative estimate of drug-likeness (QED) is 0.305. The van der Waals surface area contributed by atoms with Crippen LogP contribution in [0, 0.1) is 11.8 Å². The van der Waals surface area contributed by atoms with Crippen LogP contribution in [0.15, 0.2) is 120 Å². The Morgan fingerprint density at radius 2 is 0.837 bits per heavy atom. The van der Waals surface area contributed by atoms with Crippen LogP contribution in [0.3, 0.4) is 0 Å². The Kier molecular flexibility index (Phi) is 11.1. The molecule has 0 heterocycles. The maximum absolute atomic E-state index is 2.40. The van der Waals surface area contributed by atoms with E-state index < -0.39 is 0 Å². The molecule has 0 nitrogen and oxygen atoms in total. The summed E-state index contributed by atoms with van der Waals surface area (Å²) in [7, 11) is 0. The molecular formula is C40H36Cl2Zr. The zero-order valence-corrected chi connectivity index (χ0v) is 28.7. The summed E-state index contributed by atoms with van der Waals surface area (Å²) in [5, 5.41) is 0. The Morgan fingerprint density at radius 3 is 1.23 bits per heavy atom. The number of allylic oxidation sites excluding steroid dienone is 4. The van der Waals surface area contributed by atoms with Gasteiger partial charge in [-0.3, -0.25) is 0 Å². The van der Waals surface area contributed by atoms with E-state index in [9.17, 15) is 0 Å². The zero-order valence-electron chi connectivity index (χ0n) is 24.7. The first-order valence-corrected chi connectivity index (χ1v) is 14.8. The van der Waals surface area contributed by atoms with Crippen LogP contribution in [0.25, 0.3) is 24.3 Å². The van der Waals surface area contributed by atoms with E-state index in [1.54, 1.807) is 11.1 Å². The molecule has 0 aliphatic heterocycles. The molecule has 4 unspecified atom stereocenters. The summed E-state index contributed by atoms with van der Waals surface area (Å²) < 4.78 is 0. The zero-order chi connectivity index (χ0) is 27.1. The van der Waals surface area contributed by atoms with Crippen molar-refractivity contribution in [3.63, 3.8) is 0 Å². The summed E-state index contributed by atoms with van der Waals surface area (Å²) in [6, 6.07) is 35.1. The molecule has 0 saturated carbocycles. The molecule has 0 bridgehead atoms. The van der Waals surface area contributed by atoms with Gasteiger partial charge >= 0.3 is 26.2 Å². The normalized spacial score (nSPS) is 19.0. The van der Waals surface area contributed by atoms with E-state index >= 15 is 0 Å². The largest absolute Gasteiger partial charge is 2.00 e. The second-order valence-corrected chi connectivity index (χ2v) is 11.8. The molecule has 43 heavy (non-hydrogen) atoms. The van der Waals surface area contributed by atoms with Crippen molar-refractivity contribution in [1.29, 1.82) is 0 Å². The molecule has 0 aromatic heterocycles. The molecule has 3 heteroatoms. The third kappa shape index (κ3) is 6.56. The summed E-state index contributed by atoms with van der Waals surface area (Å²) >= 11 is 0. The molecule has 0 saturated heterocycles. The fourth-order valence-electron chi connectivity index (χ4n) is 7.09. The molecule has 4 atom stereocenters. The summed E-state index contributed by atoms with van der Waals surface area (Å²) in [5.74, 6) is 2.21. The first-order chi connectivity index (χ1) is 19.7. The van der Waals surface area contributed by atoms with E-state index in [0.717, 1.165) is 12.8 Å². The van der Waals surface area contributed by atoms with Gasteiger partial charge < -0.3 is 24.8 Å². The van der Waals surface area contributed by atoms with Gasteiger partial charge in [0.05, 0.1) is 0 Å². The van der Waals surface area contributed by atoms with Crippen molar-refractivity contribution < 1.29 is 51.0 Å². The van der Waals surface area contributed by atoms with E-state index in [0.29, 0.717) is 23.7 Å². The molecule has 8 rings (SSSR count). The number of hydrogen-bond donors (Lipinski definition) is 0. The Balaban J connectivity index is 0.000000184. The van der Waals surface area contributed by atoms with Gasteiger partial charge in [0.25, 0.3) is 0 Å². The van der Waals surface area contributed by atoms with Crippen LogP contribution in [-0.2, 0) is 39.0 Å². The van der Waals surface area contributed by atoms with E-state index in [2.05, 4.69) is 147 Å². The van der Waals surface area contributed by atoms with Crippen molar-refractivity contribution in [2.45, 2.75) is 38.5 Å². The van der Waals surface area contributed by atoms with E-state index in [-0.39, 0.29) is 51.0 Å². The summed E-state index contributed by atoms with van der Waals surface area (Å²) in [6.45, 7) is 4.74. The molecule has 0 radical (unpaired) electrons. The first kappa shape index (κ1) is 33.2. The Labute approximate surface area is 288 Å². The number of hydrogen-bond acceptors (Lipinski definition) is 0. The minimum Gasteiger partial charge on any atom is -1.00 e. The van der Waals surface area contributed by atoms with E-state index in [4.69, 9.17) is 0 Å². The molecule has 4 aromatic carbocycles. The molecule has 0 spiro atoms. The summed E-state index contributed by atoms with van der Waals surface area (Å²) in [6.07, 6.45) is 16.3. The van der Waals surface area contributed by atoms with Crippen molar-refractivity contribution in [3.8, 4) is 0 Å². The second-order valence-electron chi connectivity index (χ2n) is 11.8. The minimum atomic E-state index is 0. The van der Waals surface area contributed by atoms with Crippen molar-refractivity contribution in [2.75, 3.05) is 0 Å². The third-order valence-corrected chi connectivity index (χ3v) is 9.50. The van der Waals surface area contributed by atoms with Crippen molar-refractivity contribution in [3.05, 3.63) is 165 Å². The summed E-state index contributed by atoms with van der Waals surface area (Å²) in [4.78, 5) is 0. The Bertz CT molecular complexity index is 1580. The molecule has 0 fully saturated rings. The maximum atomic E-state index is 2.40. The first-order valence-electron chi connectivity index (χ1n) is 14.8. The van der Waals surface area contributed by atoms with Crippen LogP contribution in [0.1, 0.15) is 70.2 Å². The number of halogens is 2. The smallest absolute Gasteiger partial charge is 1.00 e. The molecule has 4 aliphatic carbocycles. The van der Waals surface area contributed by atoms with Gasteiger partial charge in [0.2, 0.25) is 0 Å². The molecule has 214 valence electrons. The number of rotatable bonds is 4. The van der Waals surface area contributed by atoms with Crippen LogP contribution >= 0.6 is 0 Å². The summed E-state index contributed by atoms with van der Waals surface area (Å²) in [5.41, 5.74) is 14.6. The fraction of sp³-hybridized carbons (Fsp3) is 0.200. The molecule has 0 amide bonds. The standard InChI is InChI=1S/2C20H18.2ClH.Zr/c2*1-14(18-12-16-7-2-3-8-17(16)13-18)19-11-10-15-6-4-5-9-20(15)19;;;/h2*2-12,14,19H,13H2,1H3;2*1H;/q;;;;+2/p-2. The van der Waals surface area contributed by atoms with Crippen LogP contribution in [0.4, 0.5) is 0 Å². The van der Waals surface area contributed by atoms with Gasteiger partial charge in [-0.25, -0.2) is 0 Å². The number of benzene rings is 4. The van der Waals surface area contributed by atoms with Gasteiger partial charge in [0, 0.05) is 11.8 Å². The molecule has 0 N–H and O–H groups in total. The van der Waals surface area contributed by atoms with Crippen molar-refractivity contribution in [1.82, 2.24) is 0 Å². The van der Waals surface area contributed by atoms with Gasteiger partial charge in [-0.2, -0.15) is 0 Å². The van der Waals surface area contributed by atoms with Crippen LogP contribution < -0.4 is 24.8 Å². The molecule has 4 aliphatic rings. The Hall–Kier alpha value is -2.70. The SMILES string of the molecule is CC(C1=Cc2ccccc2C1)C1C=Cc2ccccc21.CC(C1=Cc2ccccc2C1)C1C=Cc2ccccc21.[Cl-].[Cl-].[Zr+2]. The fourth-order valence-corrected chi connectivity index (χ4v) is 7.09. The van der Waals surface area contributed by atoms with Crippen molar-refractivity contribution in [2.24, 2.45) is 11.8 Å². The van der Waals surface area contributed by atoms with Crippen LogP contribution in [-0.4, -0.2) is 0 Å². The topological polar surface area (TPSA) is 0 Å². The third-order valence-electron chi connectivity index (χ3n) is 9.50. The van der Waals surface area contributed by atoms with Gasteiger partial charge in [-0.15, -0.1) is 0 Å². The maximum Gasteiger partial charge on any atom is 2.00 e. The predicted octanol–water partition coefficient (Wildman–Crippen LogP) is 4.15. The molecular weight excluding hydrogens is 643 g/mol. The van der Waals surface area contributed by atoms with Crippen molar-refractivity contribution >= 4 is 24.3 Å². The van der Waals surface area contributed by atoms with Crippen LogP contribution in [0.5, 0.6) is 0 Å². The monoisotopic (exact) mass is 676 g/mol. The van der Waals surface area contributed by atoms with Gasteiger partial charge in [0.1, 0.15) is 0 Å². The predicted molar refractivity (Wildman–Crippen MR) is 171 cm³/mol. The average Bonchev–Trinajstić information content (AvgIpc) is 3.80. The van der Waals surface area contributed by atoms with Crippen LogP contribution in [0.2, 0.25) is 0 Å². The van der Waals surface area contributed by atoms with Gasteiger partial charge in [0.15, 0.2) is 0 Å². The van der Waals surface area contributed by atoms with Gasteiger partial charge in [-0.05, 0) is 69.2 Å². The number of fused-ring (bicyclic) bond motifs is 4. The Morgan fingerprint density at radius 1 is 0.488 bits per heavy atom. The van der Waals surface area contributed by atoms with E-state index in [1.165, 1.54) is 44.5 Å².